The summed E-state index contributed by atoms with van der Waals surface area (Å²) in [6.45, 7) is 1.89. The van der Waals surface area contributed by atoms with Crippen LogP contribution in [0.4, 0.5) is 0 Å². The molecule has 2 aromatic rings. The van der Waals surface area contributed by atoms with Crippen molar-refractivity contribution in [1.29, 1.82) is 0 Å². The molecule has 90 valence electrons. The zero-order valence-electron chi connectivity index (χ0n) is 9.89. The van der Waals surface area contributed by atoms with Gasteiger partial charge in [-0.25, -0.2) is 0 Å². The predicted molar refractivity (Wildman–Crippen MR) is 68.1 cm³/mol. The normalized spacial score (nSPS) is 12.7. The topological polar surface area (TPSA) is 38.0 Å². The minimum atomic E-state index is -0.566. The lowest BCUT2D eigenvalue weighted by atomic mass is 10.0. The molecule has 1 atom stereocenters. The zero-order valence-corrected chi connectivity index (χ0v) is 10.6. The van der Waals surface area contributed by atoms with Crippen molar-refractivity contribution in [2.75, 3.05) is 0 Å². The summed E-state index contributed by atoms with van der Waals surface area (Å²) in [7, 11) is 1.85. The van der Waals surface area contributed by atoms with Crippen molar-refractivity contribution in [2.45, 2.75) is 19.4 Å². The molecule has 0 bridgehead atoms. The van der Waals surface area contributed by atoms with Crippen molar-refractivity contribution in [3.8, 4) is 0 Å². The number of nitrogens with zero attached hydrogens (tertiary/aromatic N) is 2. The molecule has 1 aromatic heterocycles. The van der Waals surface area contributed by atoms with Crippen LogP contribution in [-0.4, -0.2) is 14.9 Å². The number of aryl methyl sites for hydroxylation is 2. The minimum Gasteiger partial charge on any atom is -0.388 e. The highest BCUT2D eigenvalue weighted by Gasteiger charge is 2.15. The van der Waals surface area contributed by atoms with E-state index in [1.165, 1.54) is 0 Å². The van der Waals surface area contributed by atoms with Crippen LogP contribution < -0.4 is 0 Å². The van der Waals surface area contributed by atoms with Gasteiger partial charge in [0.1, 0.15) is 0 Å². The number of rotatable bonds is 3. The van der Waals surface area contributed by atoms with Crippen LogP contribution in [0, 0.1) is 6.92 Å². The maximum atomic E-state index is 10.2. The summed E-state index contributed by atoms with van der Waals surface area (Å²) in [4.78, 5) is 0. The maximum Gasteiger partial charge on any atom is 0.0864 e. The molecule has 0 aliphatic heterocycles. The lowest BCUT2D eigenvalue weighted by Gasteiger charge is -2.10. The Morgan fingerprint density at radius 2 is 2.12 bits per heavy atom. The van der Waals surface area contributed by atoms with E-state index in [9.17, 15) is 5.11 Å². The van der Waals surface area contributed by atoms with Crippen LogP contribution in [0.5, 0.6) is 0 Å². The zero-order chi connectivity index (χ0) is 12.4. The molecule has 0 aliphatic rings. The number of hydrogen-bond donors (Lipinski definition) is 1. The van der Waals surface area contributed by atoms with Gasteiger partial charge in [-0.05, 0) is 18.6 Å². The molecule has 0 amide bonds. The van der Waals surface area contributed by atoms with Gasteiger partial charge in [-0.2, -0.15) is 5.10 Å². The first-order valence-corrected chi connectivity index (χ1v) is 5.87. The molecule has 1 unspecified atom stereocenters. The van der Waals surface area contributed by atoms with E-state index in [1.54, 1.807) is 4.68 Å². The minimum absolute atomic E-state index is 0.506. The summed E-state index contributed by atoms with van der Waals surface area (Å²) >= 11 is 6.07. The second-order valence-electron chi connectivity index (χ2n) is 4.15. The molecular formula is C13H15ClN2O. The lowest BCUT2D eigenvalue weighted by molar-refractivity contribution is 0.177. The molecule has 1 N–H and O–H groups in total. The Labute approximate surface area is 106 Å². The van der Waals surface area contributed by atoms with Gasteiger partial charge in [0.05, 0.1) is 11.8 Å². The predicted octanol–water partition coefficient (Wildman–Crippen LogP) is 2.66. The number of aromatic nitrogens is 2. The van der Waals surface area contributed by atoms with Gasteiger partial charge in [-0.3, -0.25) is 4.68 Å². The summed E-state index contributed by atoms with van der Waals surface area (Å²) < 4.78 is 1.71. The van der Waals surface area contributed by atoms with Crippen LogP contribution in [0.3, 0.4) is 0 Å². The van der Waals surface area contributed by atoms with Gasteiger partial charge in [-0.1, -0.05) is 29.8 Å². The van der Waals surface area contributed by atoms with Crippen molar-refractivity contribution in [1.82, 2.24) is 9.78 Å². The van der Waals surface area contributed by atoms with E-state index >= 15 is 0 Å². The van der Waals surface area contributed by atoms with Gasteiger partial charge in [-0.15, -0.1) is 0 Å². The molecule has 1 aromatic carbocycles. The van der Waals surface area contributed by atoms with Crippen molar-refractivity contribution < 1.29 is 5.11 Å². The highest BCUT2D eigenvalue weighted by Crippen LogP contribution is 2.24. The molecule has 17 heavy (non-hydrogen) atoms. The quantitative estimate of drug-likeness (QED) is 0.910. The van der Waals surface area contributed by atoms with Crippen LogP contribution in [0.2, 0.25) is 5.02 Å². The largest absolute Gasteiger partial charge is 0.388 e. The van der Waals surface area contributed by atoms with Crippen molar-refractivity contribution in [2.24, 2.45) is 7.05 Å². The maximum absolute atomic E-state index is 10.2. The van der Waals surface area contributed by atoms with Crippen LogP contribution >= 0.6 is 11.6 Å². The van der Waals surface area contributed by atoms with E-state index in [0.29, 0.717) is 11.4 Å². The highest BCUT2D eigenvalue weighted by molar-refractivity contribution is 6.31. The first-order valence-electron chi connectivity index (χ1n) is 5.49. The second-order valence-corrected chi connectivity index (χ2v) is 4.56. The molecule has 0 saturated carbocycles. The fourth-order valence-corrected chi connectivity index (χ4v) is 2.14. The summed E-state index contributed by atoms with van der Waals surface area (Å²) in [6, 6.07) is 7.56. The van der Waals surface area contributed by atoms with E-state index in [1.807, 2.05) is 44.4 Å². The van der Waals surface area contributed by atoms with Crippen molar-refractivity contribution in [3.05, 3.63) is 52.3 Å². The Morgan fingerprint density at radius 3 is 2.71 bits per heavy atom. The second kappa shape index (κ2) is 4.90. The number of halogens is 1. The lowest BCUT2D eigenvalue weighted by Crippen LogP contribution is -2.02. The van der Waals surface area contributed by atoms with Gasteiger partial charge in [0, 0.05) is 30.3 Å². The van der Waals surface area contributed by atoms with E-state index < -0.39 is 6.10 Å². The average Bonchev–Trinajstić information content (AvgIpc) is 2.61. The van der Waals surface area contributed by atoms with Gasteiger partial charge in [0.15, 0.2) is 0 Å². The molecule has 3 nitrogen and oxygen atoms in total. The Bertz CT molecular complexity index is 522. The third kappa shape index (κ3) is 2.68. The number of hydrogen-bond acceptors (Lipinski definition) is 2. The molecule has 1 heterocycles. The standard InChI is InChI=1S/C13H15ClN2O/c1-9-11(8-16(2)15-9)13(17)7-10-5-3-4-6-12(10)14/h3-6,8,13,17H,7H2,1-2H3. The van der Waals surface area contributed by atoms with E-state index in [2.05, 4.69) is 5.10 Å². The van der Waals surface area contributed by atoms with Crippen molar-refractivity contribution >= 4 is 11.6 Å². The Kier molecular flexibility index (Phi) is 3.50. The van der Waals surface area contributed by atoms with Crippen LogP contribution in [0.1, 0.15) is 22.9 Å². The van der Waals surface area contributed by atoms with Crippen LogP contribution in [-0.2, 0) is 13.5 Å². The SMILES string of the molecule is Cc1nn(C)cc1C(O)Cc1ccccc1Cl. The number of aliphatic hydroxyl groups excluding tert-OH is 1. The molecule has 0 saturated heterocycles. The van der Waals surface area contributed by atoms with E-state index in [4.69, 9.17) is 11.6 Å². The van der Waals surface area contributed by atoms with Gasteiger partial charge < -0.3 is 5.11 Å². The Hall–Kier alpha value is -1.32. The fraction of sp³-hybridized carbons (Fsp3) is 0.308. The summed E-state index contributed by atoms with van der Waals surface area (Å²) in [5, 5.41) is 15.1. The van der Waals surface area contributed by atoms with Gasteiger partial charge in [0.2, 0.25) is 0 Å². The third-order valence-electron chi connectivity index (χ3n) is 2.78. The summed E-state index contributed by atoms with van der Waals surface area (Å²) in [5.41, 5.74) is 2.66. The third-order valence-corrected chi connectivity index (χ3v) is 3.15. The summed E-state index contributed by atoms with van der Waals surface area (Å²) in [6.07, 6.45) is 1.78. The van der Waals surface area contributed by atoms with Gasteiger partial charge in [0.25, 0.3) is 0 Å². The molecule has 4 heteroatoms. The first kappa shape index (κ1) is 12.1. The van der Waals surface area contributed by atoms with E-state index in [0.717, 1.165) is 16.8 Å². The molecule has 0 spiro atoms. The molecule has 0 aliphatic carbocycles. The monoisotopic (exact) mass is 250 g/mol. The molecule has 0 fully saturated rings. The van der Waals surface area contributed by atoms with Gasteiger partial charge >= 0.3 is 0 Å². The Morgan fingerprint density at radius 1 is 1.41 bits per heavy atom. The van der Waals surface area contributed by atoms with Crippen LogP contribution in [0.25, 0.3) is 0 Å². The summed E-state index contributed by atoms with van der Waals surface area (Å²) in [5.74, 6) is 0. The smallest absolute Gasteiger partial charge is 0.0864 e. The molecule has 0 radical (unpaired) electrons. The van der Waals surface area contributed by atoms with Crippen LogP contribution in [0.15, 0.2) is 30.5 Å². The highest BCUT2D eigenvalue weighted by atomic mass is 35.5. The average molecular weight is 251 g/mol. The van der Waals surface area contributed by atoms with E-state index in [-0.39, 0.29) is 0 Å². The number of aliphatic hydroxyl groups is 1. The fourth-order valence-electron chi connectivity index (χ4n) is 1.93. The van der Waals surface area contributed by atoms with Crippen molar-refractivity contribution in [3.63, 3.8) is 0 Å². The Balaban J connectivity index is 2.20. The molecular weight excluding hydrogens is 236 g/mol. The first-order chi connectivity index (χ1) is 8.08. The molecule has 2 rings (SSSR count). The number of benzene rings is 1.